The molecule has 0 unspecified atom stereocenters. The van der Waals surface area contributed by atoms with E-state index in [4.69, 9.17) is 10.5 Å². The molecule has 0 aromatic carbocycles. The predicted molar refractivity (Wildman–Crippen MR) is 110 cm³/mol. The lowest BCUT2D eigenvalue weighted by Gasteiger charge is -2.45. The molecule has 0 amide bonds. The lowest BCUT2D eigenvalue weighted by molar-refractivity contribution is -0.210. The standard InChI is InChI=1S/C20H29N5O6/c1-17(2,3)15(28)19(30)12(27)10(7-26)31-20(19,16(29)18(4,5)6)25-9-24-11-13(21)22-8-23-14(11)25/h8-10,12,26-27,30H,7H2,1-6H3,(H2,21,22,23)/t10-,12-,19+,20-/m1/s1. The summed E-state index contributed by atoms with van der Waals surface area (Å²) in [5.74, 6) is -1.54. The third kappa shape index (κ3) is 3.06. The lowest BCUT2D eigenvalue weighted by atomic mass is 9.67. The van der Waals surface area contributed by atoms with Crippen molar-refractivity contribution in [1.29, 1.82) is 0 Å². The molecule has 31 heavy (non-hydrogen) atoms. The highest BCUT2D eigenvalue weighted by Gasteiger charge is 2.75. The van der Waals surface area contributed by atoms with Crippen LogP contribution in [0.1, 0.15) is 41.5 Å². The number of aromatic nitrogens is 4. The van der Waals surface area contributed by atoms with Crippen LogP contribution in [0.2, 0.25) is 0 Å². The molecule has 1 aliphatic rings. The number of nitrogens with zero attached hydrogens (tertiary/aromatic N) is 4. The minimum absolute atomic E-state index is 0.0186. The number of Topliss-reactive ketones (excluding diaryl/α,β-unsaturated/α-hetero) is 2. The van der Waals surface area contributed by atoms with E-state index in [0.717, 1.165) is 17.2 Å². The molecule has 0 aliphatic carbocycles. The molecule has 11 nitrogen and oxygen atoms in total. The number of nitrogen functional groups attached to an aromatic ring is 1. The van der Waals surface area contributed by atoms with E-state index in [2.05, 4.69) is 15.0 Å². The number of aliphatic hydroxyl groups is 3. The fraction of sp³-hybridized carbons (Fsp3) is 0.650. The first-order valence-corrected chi connectivity index (χ1v) is 9.87. The molecule has 3 rings (SSSR count). The van der Waals surface area contributed by atoms with Crippen molar-refractivity contribution in [3.05, 3.63) is 12.7 Å². The summed E-state index contributed by atoms with van der Waals surface area (Å²) in [6, 6.07) is 0. The van der Waals surface area contributed by atoms with Crippen molar-refractivity contribution < 1.29 is 29.6 Å². The predicted octanol–water partition coefficient (Wildman–Crippen LogP) is -0.225. The van der Waals surface area contributed by atoms with E-state index in [1.54, 1.807) is 41.5 Å². The van der Waals surface area contributed by atoms with Gasteiger partial charge in [0, 0.05) is 10.8 Å². The average molecular weight is 435 g/mol. The minimum Gasteiger partial charge on any atom is -0.394 e. The Kier molecular flexibility index (Phi) is 5.25. The molecule has 4 atom stereocenters. The second-order valence-electron chi connectivity index (χ2n) is 9.90. The first kappa shape index (κ1) is 23.2. The maximum absolute atomic E-state index is 13.9. The van der Waals surface area contributed by atoms with Crippen molar-refractivity contribution >= 4 is 28.5 Å². The minimum atomic E-state index is -2.77. The number of carbonyl (C=O) groups is 2. The van der Waals surface area contributed by atoms with Crippen molar-refractivity contribution in [3.63, 3.8) is 0 Å². The summed E-state index contributed by atoms with van der Waals surface area (Å²) in [6.45, 7) is 8.65. The Morgan fingerprint density at radius 3 is 2.23 bits per heavy atom. The Morgan fingerprint density at radius 2 is 1.71 bits per heavy atom. The molecule has 0 radical (unpaired) electrons. The van der Waals surface area contributed by atoms with Crippen molar-refractivity contribution in [2.24, 2.45) is 10.8 Å². The zero-order valence-corrected chi connectivity index (χ0v) is 18.4. The topological polar surface area (TPSA) is 174 Å². The Labute approximate surface area is 179 Å². The number of nitrogens with two attached hydrogens (primary N) is 1. The molecule has 170 valence electrons. The Bertz CT molecular complexity index is 1040. The average Bonchev–Trinajstić information content (AvgIpc) is 3.19. The molecule has 2 aromatic rings. The van der Waals surface area contributed by atoms with Crippen LogP contribution in [-0.2, 0) is 20.1 Å². The van der Waals surface area contributed by atoms with Gasteiger partial charge in [0.1, 0.15) is 30.4 Å². The van der Waals surface area contributed by atoms with Crippen molar-refractivity contribution in [3.8, 4) is 0 Å². The Morgan fingerprint density at radius 1 is 1.13 bits per heavy atom. The summed E-state index contributed by atoms with van der Waals surface area (Å²) in [5.41, 5.74) is -1.54. The molecule has 1 saturated heterocycles. The summed E-state index contributed by atoms with van der Waals surface area (Å²) in [5, 5.41) is 32.8. The summed E-state index contributed by atoms with van der Waals surface area (Å²) in [6.07, 6.45) is -1.04. The number of rotatable bonds is 4. The van der Waals surface area contributed by atoms with Crippen molar-refractivity contribution in [2.75, 3.05) is 12.3 Å². The van der Waals surface area contributed by atoms with Gasteiger partial charge in [0.25, 0.3) is 0 Å². The zero-order valence-electron chi connectivity index (χ0n) is 18.4. The van der Waals surface area contributed by atoms with Crippen LogP contribution >= 0.6 is 0 Å². The van der Waals surface area contributed by atoms with E-state index in [1.165, 1.54) is 0 Å². The second kappa shape index (κ2) is 7.02. The van der Waals surface area contributed by atoms with Crippen LogP contribution in [0.4, 0.5) is 5.82 Å². The monoisotopic (exact) mass is 435 g/mol. The van der Waals surface area contributed by atoms with Gasteiger partial charge in [-0.25, -0.2) is 15.0 Å². The number of ketones is 2. The third-order valence-electron chi connectivity index (χ3n) is 5.52. The van der Waals surface area contributed by atoms with Gasteiger partial charge in [-0.1, -0.05) is 41.5 Å². The van der Waals surface area contributed by atoms with Gasteiger partial charge < -0.3 is 25.8 Å². The molecule has 3 heterocycles. The molecule has 2 aromatic heterocycles. The molecular weight excluding hydrogens is 406 g/mol. The first-order chi connectivity index (χ1) is 14.1. The molecule has 11 heteroatoms. The fourth-order valence-electron chi connectivity index (χ4n) is 4.01. The summed E-state index contributed by atoms with van der Waals surface area (Å²) < 4.78 is 7.03. The third-order valence-corrected chi connectivity index (χ3v) is 5.52. The number of hydrogen-bond acceptors (Lipinski definition) is 10. The number of imidazole rings is 1. The number of anilines is 1. The summed E-state index contributed by atoms with van der Waals surface area (Å²) in [7, 11) is 0. The molecule has 1 fully saturated rings. The van der Waals surface area contributed by atoms with Gasteiger partial charge in [-0.3, -0.25) is 14.2 Å². The highest BCUT2D eigenvalue weighted by Crippen LogP contribution is 2.51. The number of fused-ring (bicyclic) bond motifs is 1. The lowest BCUT2D eigenvalue weighted by Crippen LogP contribution is -2.69. The van der Waals surface area contributed by atoms with Gasteiger partial charge in [-0.05, 0) is 0 Å². The highest BCUT2D eigenvalue weighted by molar-refractivity contribution is 6.03. The van der Waals surface area contributed by atoms with Gasteiger partial charge in [-0.2, -0.15) is 0 Å². The Hall–Kier alpha value is -2.47. The van der Waals surface area contributed by atoms with Gasteiger partial charge in [0.2, 0.25) is 11.3 Å². The number of hydrogen-bond donors (Lipinski definition) is 4. The van der Waals surface area contributed by atoms with E-state index >= 15 is 0 Å². The summed E-state index contributed by atoms with van der Waals surface area (Å²) >= 11 is 0. The fourth-order valence-corrected chi connectivity index (χ4v) is 4.01. The highest BCUT2D eigenvalue weighted by atomic mass is 16.6. The molecule has 0 spiro atoms. The van der Waals surface area contributed by atoms with Gasteiger partial charge >= 0.3 is 0 Å². The van der Waals surface area contributed by atoms with Gasteiger partial charge in [0.05, 0.1) is 6.61 Å². The molecule has 0 bridgehead atoms. The van der Waals surface area contributed by atoms with Gasteiger partial charge in [0.15, 0.2) is 23.0 Å². The molecule has 1 aliphatic heterocycles. The van der Waals surface area contributed by atoms with E-state index < -0.39 is 52.5 Å². The second-order valence-corrected chi connectivity index (χ2v) is 9.90. The zero-order chi connectivity index (χ0) is 23.6. The largest absolute Gasteiger partial charge is 0.394 e. The van der Waals surface area contributed by atoms with Crippen molar-refractivity contribution in [2.45, 2.75) is 65.1 Å². The first-order valence-electron chi connectivity index (χ1n) is 9.87. The normalized spacial score (nSPS) is 29.5. The van der Waals surface area contributed by atoms with E-state index in [9.17, 15) is 24.9 Å². The maximum Gasteiger partial charge on any atom is 0.247 e. The maximum atomic E-state index is 13.9. The van der Waals surface area contributed by atoms with E-state index in [-0.39, 0.29) is 17.0 Å². The van der Waals surface area contributed by atoms with Crippen LogP contribution in [0.5, 0.6) is 0 Å². The SMILES string of the molecule is CC(C)(C)C(=O)[C@@]1(O)[C@H](O)[C@@H](CO)O[C@@]1(C(=O)C(C)(C)C)n1cnc2c(N)ncnc21. The number of aliphatic hydroxyl groups excluding tert-OH is 2. The van der Waals surface area contributed by atoms with Gasteiger partial charge in [-0.15, -0.1) is 0 Å². The van der Waals surface area contributed by atoms with Crippen LogP contribution in [-0.4, -0.2) is 70.8 Å². The summed E-state index contributed by atoms with van der Waals surface area (Å²) in [4.78, 5) is 39.7. The molecular formula is C20H29N5O6. The molecule has 0 saturated carbocycles. The van der Waals surface area contributed by atoms with E-state index in [1.807, 2.05) is 0 Å². The van der Waals surface area contributed by atoms with Crippen LogP contribution in [0.15, 0.2) is 12.7 Å². The van der Waals surface area contributed by atoms with Crippen LogP contribution in [0, 0.1) is 10.8 Å². The van der Waals surface area contributed by atoms with E-state index in [0.29, 0.717) is 0 Å². The number of carbonyl (C=O) groups excluding carboxylic acids is 2. The van der Waals surface area contributed by atoms with Crippen LogP contribution in [0.3, 0.4) is 0 Å². The Balaban J connectivity index is 2.48. The number of ether oxygens (including phenoxy) is 1. The van der Waals surface area contributed by atoms with Crippen LogP contribution in [0.25, 0.3) is 11.2 Å². The molecule has 5 N–H and O–H groups in total. The van der Waals surface area contributed by atoms with Crippen molar-refractivity contribution in [1.82, 2.24) is 19.5 Å². The smallest absolute Gasteiger partial charge is 0.247 e. The quantitative estimate of drug-likeness (QED) is 0.502. The van der Waals surface area contributed by atoms with Crippen LogP contribution < -0.4 is 5.73 Å².